The van der Waals surface area contributed by atoms with E-state index in [9.17, 15) is 14.4 Å². The number of ether oxygens (including phenoxy) is 1. The lowest BCUT2D eigenvalue weighted by atomic mass is 10.1. The van der Waals surface area contributed by atoms with Gasteiger partial charge in [-0.25, -0.2) is 0 Å². The summed E-state index contributed by atoms with van der Waals surface area (Å²) in [6, 6.07) is 6.30. The van der Waals surface area contributed by atoms with Gasteiger partial charge < -0.3 is 15.4 Å². The van der Waals surface area contributed by atoms with E-state index in [2.05, 4.69) is 10.6 Å². The molecule has 1 unspecified atom stereocenters. The van der Waals surface area contributed by atoms with Gasteiger partial charge in [-0.05, 0) is 44.0 Å². The number of ketones is 1. The normalized spacial score (nSPS) is 11.5. The molecule has 2 N–H and O–H groups in total. The third-order valence-corrected chi connectivity index (χ3v) is 3.55. The number of hydrogen-bond acceptors (Lipinski definition) is 4. The van der Waals surface area contributed by atoms with Crippen LogP contribution in [0.3, 0.4) is 0 Å². The maximum atomic E-state index is 12.1. The van der Waals surface area contributed by atoms with Gasteiger partial charge in [0.1, 0.15) is 11.8 Å². The number of benzene rings is 1. The highest BCUT2D eigenvalue weighted by Crippen LogP contribution is 2.14. The molecule has 0 fully saturated rings. The SMILES string of the molecule is CCCNC(=O)C(C)NC(=O)CCC(=O)c1ccc(OCCC)cc1. The molecule has 1 atom stereocenters. The van der Waals surface area contributed by atoms with Crippen molar-refractivity contribution in [2.75, 3.05) is 13.2 Å². The largest absolute Gasteiger partial charge is 0.494 e. The van der Waals surface area contributed by atoms with Gasteiger partial charge in [-0.1, -0.05) is 13.8 Å². The number of carbonyl (C=O) groups is 3. The molecule has 6 nitrogen and oxygen atoms in total. The monoisotopic (exact) mass is 348 g/mol. The van der Waals surface area contributed by atoms with Gasteiger partial charge in [0.15, 0.2) is 5.78 Å². The Hall–Kier alpha value is -2.37. The van der Waals surface area contributed by atoms with Crippen molar-refractivity contribution in [3.8, 4) is 5.75 Å². The van der Waals surface area contributed by atoms with Crippen molar-refractivity contribution in [1.29, 1.82) is 0 Å². The fourth-order valence-corrected chi connectivity index (χ4v) is 2.11. The Balaban J connectivity index is 2.39. The first-order valence-corrected chi connectivity index (χ1v) is 8.81. The predicted molar refractivity (Wildman–Crippen MR) is 96.7 cm³/mol. The summed E-state index contributed by atoms with van der Waals surface area (Å²) in [5.74, 6) is 0.0860. The standard InChI is InChI=1S/C19H28N2O4/c1-4-12-20-19(24)14(3)21-18(23)11-10-17(22)15-6-8-16(9-7-15)25-13-5-2/h6-9,14H,4-5,10-13H2,1-3H3,(H,20,24)(H,21,23). The zero-order valence-corrected chi connectivity index (χ0v) is 15.3. The average molecular weight is 348 g/mol. The molecular formula is C19H28N2O4. The molecule has 1 aromatic rings. The molecule has 0 aliphatic heterocycles. The lowest BCUT2D eigenvalue weighted by Gasteiger charge is -2.13. The Morgan fingerprint density at radius 3 is 2.32 bits per heavy atom. The van der Waals surface area contributed by atoms with Gasteiger partial charge in [0.25, 0.3) is 0 Å². The smallest absolute Gasteiger partial charge is 0.242 e. The van der Waals surface area contributed by atoms with Crippen LogP contribution in [0.2, 0.25) is 0 Å². The Labute approximate surface area is 149 Å². The minimum Gasteiger partial charge on any atom is -0.494 e. The predicted octanol–water partition coefficient (Wildman–Crippen LogP) is 2.47. The van der Waals surface area contributed by atoms with Crippen LogP contribution in [-0.2, 0) is 9.59 Å². The number of rotatable bonds is 11. The highest BCUT2D eigenvalue weighted by atomic mass is 16.5. The number of hydrogen-bond donors (Lipinski definition) is 2. The van der Waals surface area contributed by atoms with E-state index in [1.165, 1.54) is 0 Å². The van der Waals surface area contributed by atoms with Crippen LogP contribution in [0.15, 0.2) is 24.3 Å². The fraction of sp³-hybridized carbons (Fsp3) is 0.526. The second-order valence-corrected chi connectivity index (χ2v) is 5.88. The summed E-state index contributed by atoms with van der Waals surface area (Å²) >= 11 is 0. The van der Waals surface area contributed by atoms with Crippen molar-refractivity contribution >= 4 is 17.6 Å². The second kappa shape index (κ2) is 11.2. The summed E-state index contributed by atoms with van der Waals surface area (Å²) in [4.78, 5) is 35.7. The number of nitrogens with one attached hydrogen (secondary N) is 2. The van der Waals surface area contributed by atoms with Crippen LogP contribution in [-0.4, -0.2) is 36.8 Å². The molecule has 0 aliphatic rings. The lowest BCUT2D eigenvalue weighted by molar-refractivity contribution is -0.128. The summed E-state index contributed by atoms with van der Waals surface area (Å²) in [6.07, 6.45) is 1.91. The van der Waals surface area contributed by atoms with Crippen LogP contribution in [0.4, 0.5) is 0 Å². The zero-order valence-electron chi connectivity index (χ0n) is 15.3. The van der Waals surface area contributed by atoms with Crippen molar-refractivity contribution in [2.45, 2.75) is 52.5 Å². The van der Waals surface area contributed by atoms with Gasteiger partial charge in [-0.2, -0.15) is 0 Å². The summed E-state index contributed by atoms with van der Waals surface area (Å²) in [7, 11) is 0. The van der Waals surface area contributed by atoms with Crippen molar-refractivity contribution < 1.29 is 19.1 Å². The number of carbonyl (C=O) groups excluding carboxylic acids is 3. The average Bonchev–Trinajstić information content (AvgIpc) is 2.62. The molecule has 0 saturated heterocycles. The molecule has 0 aromatic heterocycles. The van der Waals surface area contributed by atoms with Gasteiger partial charge in [-0.15, -0.1) is 0 Å². The van der Waals surface area contributed by atoms with Gasteiger partial charge in [0.05, 0.1) is 6.61 Å². The van der Waals surface area contributed by atoms with Crippen LogP contribution in [0.1, 0.15) is 56.8 Å². The van der Waals surface area contributed by atoms with Crippen LogP contribution in [0, 0.1) is 0 Å². The van der Waals surface area contributed by atoms with Crippen LogP contribution in [0.25, 0.3) is 0 Å². The molecule has 1 rings (SSSR count). The lowest BCUT2D eigenvalue weighted by Crippen LogP contribution is -2.45. The Morgan fingerprint density at radius 2 is 1.72 bits per heavy atom. The maximum Gasteiger partial charge on any atom is 0.242 e. The Morgan fingerprint density at radius 1 is 1.04 bits per heavy atom. The molecule has 0 aliphatic carbocycles. The molecule has 0 spiro atoms. The molecule has 1 aromatic carbocycles. The Kier molecular flexibility index (Phi) is 9.29. The van der Waals surface area contributed by atoms with E-state index < -0.39 is 6.04 Å². The van der Waals surface area contributed by atoms with E-state index >= 15 is 0 Å². The second-order valence-electron chi connectivity index (χ2n) is 5.88. The van der Waals surface area contributed by atoms with Crippen LogP contribution < -0.4 is 15.4 Å². The van der Waals surface area contributed by atoms with Gasteiger partial charge >= 0.3 is 0 Å². The third kappa shape index (κ3) is 7.83. The summed E-state index contributed by atoms with van der Waals surface area (Å²) in [5.41, 5.74) is 0.547. The highest BCUT2D eigenvalue weighted by Gasteiger charge is 2.16. The minimum absolute atomic E-state index is 0.0539. The van der Waals surface area contributed by atoms with Crippen molar-refractivity contribution in [3.63, 3.8) is 0 Å². The molecule has 0 saturated carbocycles. The first kappa shape index (κ1) is 20.7. The molecule has 0 bridgehead atoms. The zero-order chi connectivity index (χ0) is 18.7. The minimum atomic E-state index is -0.607. The fourth-order valence-electron chi connectivity index (χ4n) is 2.11. The summed E-state index contributed by atoms with van der Waals surface area (Å²) < 4.78 is 5.47. The van der Waals surface area contributed by atoms with Crippen LogP contribution >= 0.6 is 0 Å². The molecule has 25 heavy (non-hydrogen) atoms. The summed E-state index contributed by atoms with van der Waals surface area (Å²) in [6.45, 7) is 6.82. The third-order valence-electron chi connectivity index (χ3n) is 3.55. The van der Waals surface area contributed by atoms with Crippen molar-refractivity contribution in [3.05, 3.63) is 29.8 Å². The van der Waals surface area contributed by atoms with Crippen molar-refractivity contribution in [2.24, 2.45) is 0 Å². The van der Waals surface area contributed by atoms with Crippen molar-refractivity contribution in [1.82, 2.24) is 10.6 Å². The van der Waals surface area contributed by atoms with E-state index in [0.29, 0.717) is 18.7 Å². The van der Waals surface area contributed by atoms with E-state index in [1.807, 2.05) is 13.8 Å². The molecule has 138 valence electrons. The summed E-state index contributed by atoms with van der Waals surface area (Å²) in [5, 5.41) is 5.32. The van der Waals surface area contributed by atoms with E-state index in [0.717, 1.165) is 18.6 Å². The molecule has 0 heterocycles. The van der Waals surface area contributed by atoms with Gasteiger partial charge in [0, 0.05) is 24.9 Å². The molecule has 2 amide bonds. The van der Waals surface area contributed by atoms with Gasteiger partial charge in [0.2, 0.25) is 11.8 Å². The molecular weight excluding hydrogens is 320 g/mol. The molecule has 0 radical (unpaired) electrons. The van der Waals surface area contributed by atoms with E-state index in [1.54, 1.807) is 31.2 Å². The highest BCUT2D eigenvalue weighted by molar-refractivity contribution is 5.98. The molecule has 6 heteroatoms. The maximum absolute atomic E-state index is 12.1. The van der Waals surface area contributed by atoms with E-state index in [-0.39, 0.29) is 30.4 Å². The van der Waals surface area contributed by atoms with Crippen LogP contribution in [0.5, 0.6) is 5.75 Å². The van der Waals surface area contributed by atoms with Gasteiger partial charge in [-0.3, -0.25) is 14.4 Å². The first-order valence-electron chi connectivity index (χ1n) is 8.81. The number of amides is 2. The number of Topliss-reactive ketones (excluding diaryl/α,β-unsaturated/α-hetero) is 1. The van der Waals surface area contributed by atoms with E-state index in [4.69, 9.17) is 4.74 Å². The Bertz CT molecular complexity index is 569. The first-order chi connectivity index (χ1) is 12.0. The topological polar surface area (TPSA) is 84.5 Å². The quantitative estimate of drug-likeness (QED) is 0.602.